The lowest BCUT2D eigenvalue weighted by atomic mass is 10.4. The second-order valence-corrected chi connectivity index (χ2v) is 15.4. The summed E-state index contributed by atoms with van der Waals surface area (Å²) in [6.45, 7) is 0. The van der Waals surface area contributed by atoms with Gasteiger partial charge in [-0.15, -0.1) is 0 Å². The molecule has 0 aliphatic carbocycles. The van der Waals surface area contributed by atoms with E-state index in [9.17, 15) is 34.4 Å². The van der Waals surface area contributed by atoms with Gasteiger partial charge >= 0.3 is 0 Å². The van der Waals surface area contributed by atoms with E-state index in [1.54, 1.807) is 0 Å². The summed E-state index contributed by atoms with van der Waals surface area (Å²) in [4.78, 5) is 0. The summed E-state index contributed by atoms with van der Waals surface area (Å²) in [5, 5.41) is 0. The predicted octanol–water partition coefficient (Wildman–Crippen LogP) is 0.431. The van der Waals surface area contributed by atoms with Crippen molar-refractivity contribution in [1.82, 2.24) is 0 Å². The summed E-state index contributed by atoms with van der Waals surface area (Å²) in [5.74, 6) is -0.592. The molecule has 0 bridgehead atoms. The van der Waals surface area contributed by atoms with Crippen molar-refractivity contribution < 1.29 is 34.4 Å². The van der Waals surface area contributed by atoms with E-state index in [1.807, 2.05) is 0 Å². The fourth-order valence-corrected chi connectivity index (χ4v) is 9.40. The normalized spacial score (nSPS) is 15.2. The smallest absolute Gasteiger partial charge is 0.202 e. The molecule has 0 aromatic heterocycles. The van der Waals surface area contributed by atoms with Crippen LogP contribution in [0, 0.1) is 0 Å². The summed E-state index contributed by atoms with van der Waals surface area (Å²) >= 11 is -4.28. The standard InChI is InChI=1S/C10H22O8S6/c11-21(12)7-3-1-5-19-23(15,16)9-10-24(17,18)20-6-2-4-8-22(13)14/h1-10H2,(H,11,12)(H,13,14)/p-2. The molecule has 0 aliphatic rings. The topological polar surface area (TPSA) is 149 Å². The molecular weight excluding hydrogens is 441 g/mol. The summed E-state index contributed by atoms with van der Waals surface area (Å²) in [7, 11) is -5.88. The number of rotatable bonds is 15. The number of hydrogen-bond donors (Lipinski definition) is 0. The summed E-state index contributed by atoms with van der Waals surface area (Å²) in [6.07, 6.45) is 1.56. The molecule has 0 saturated carbocycles. The van der Waals surface area contributed by atoms with Crippen molar-refractivity contribution in [2.45, 2.75) is 25.7 Å². The van der Waals surface area contributed by atoms with Crippen molar-refractivity contribution in [3.8, 4) is 0 Å². The van der Waals surface area contributed by atoms with Gasteiger partial charge in [-0.3, -0.25) is 8.42 Å². The second kappa shape index (κ2) is 13.1. The first kappa shape index (κ1) is 24.8. The first-order valence-corrected chi connectivity index (χ1v) is 15.7. The molecule has 0 heterocycles. The highest BCUT2D eigenvalue weighted by Gasteiger charge is 2.18. The van der Waals surface area contributed by atoms with Crippen molar-refractivity contribution in [2.75, 3.05) is 34.5 Å². The van der Waals surface area contributed by atoms with Gasteiger partial charge in [0.1, 0.15) is 0 Å². The lowest BCUT2D eigenvalue weighted by Crippen LogP contribution is -2.13. The van der Waals surface area contributed by atoms with E-state index in [4.69, 9.17) is 0 Å². The van der Waals surface area contributed by atoms with Crippen molar-refractivity contribution in [1.29, 1.82) is 0 Å². The molecule has 0 amide bonds. The van der Waals surface area contributed by atoms with Crippen molar-refractivity contribution in [2.24, 2.45) is 0 Å². The van der Waals surface area contributed by atoms with E-state index in [2.05, 4.69) is 0 Å². The molecule has 0 radical (unpaired) electrons. The molecule has 0 rings (SSSR count). The first-order valence-electron chi connectivity index (χ1n) is 6.90. The SMILES string of the molecule is O=S([O-])CCCCSS(=O)(=O)CCS(=O)(=O)SCCCCS(=O)[O-]. The third kappa shape index (κ3) is 16.3. The molecular formula is C10H20O8S6-2. The molecule has 146 valence electrons. The van der Waals surface area contributed by atoms with Crippen LogP contribution in [-0.2, 0) is 39.9 Å². The summed E-state index contributed by atoms with van der Waals surface area (Å²) in [5.41, 5.74) is 0. The molecule has 0 spiro atoms. The molecule has 8 nitrogen and oxygen atoms in total. The van der Waals surface area contributed by atoms with Crippen LogP contribution in [0.25, 0.3) is 0 Å². The fourth-order valence-electron chi connectivity index (χ4n) is 1.34. The van der Waals surface area contributed by atoms with Crippen LogP contribution >= 0.6 is 21.6 Å². The largest absolute Gasteiger partial charge is 0.772 e. The third-order valence-electron chi connectivity index (χ3n) is 2.52. The molecule has 14 heteroatoms. The van der Waals surface area contributed by atoms with Crippen molar-refractivity contribution in [3.05, 3.63) is 0 Å². The van der Waals surface area contributed by atoms with Crippen LogP contribution < -0.4 is 0 Å². The maximum absolute atomic E-state index is 11.7. The zero-order chi connectivity index (χ0) is 18.6. The van der Waals surface area contributed by atoms with Crippen LogP contribution in [0.3, 0.4) is 0 Å². The number of hydrogen-bond acceptors (Lipinski definition) is 10. The fraction of sp³-hybridized carbons (Fsp3) is 1.00. The summed E-state index contributed by atoms with van der Waals surface area (Å²) in [6, 6.07) is 0. The minimum atomic E-state index is -3.57. The minimum absolute atomic E-state index is 0.0223. The van der Waals surface area contributed by atoms with Gasteiger partial charge < -0.3 is 9.11 Å². The van der Waals surface area contributed by atoms with Crippen LogP contribution in [0.15, 0.2) is 0 Å². The molecule has 2 unspecified atom stereocenters. The Balaban J connectivity index is 3.97. The van der Waals surface area contributed by atoms with E-state index >= 15 is 0 Å². The van der Waals surface area contributed by atoms with E-state index < -0.39 is 51.4 Å². The Morgan fingerprint density at radius 3 is 1.29 bits per heavy atom. The predicted molar refractivity (Wildman–Crippen MR) is 98.5 cm³/mol. The zero-order valence-electron chi connectivity index (χ0n) is 12.8. The van der Waals surface area contributed by atoms with Gasteiger partial charge in [0.2, 0.25) is 17.7 Å². The highest BCUT2D eigenvalue weighted by molar-refractivity contribution is 8.73. The van der Waals surface area contributed by atoms with Gasteiger partial charge in [-0.2, -0.15) is 0 Å². The Kier molecular flexibility index (Phi) is 13.5. The third-order valence-corrected chi connectivity index (χ3v) is 11.2. The van der Waals surface area contributed by atoms with Gasteiger partial charge in [0.25, 0.3) is 0 Å². The lowest BCUT2D eigenvalue weighted by molar-refractivity contribution is 0.533. The average Bonchev–Trinajstić information content (AvgIpc) is 2.44. The van der Waals surface area contributed by atoms with Crippen LogP contribution in [0.2, 0.25) is 0 Å². The van der Waals surface area contributed by atoms with Crippen LogP contribution in [0.1, 0.15) is 25.7 Å². The lowest BCUT2D eigenvalue weighted by Gasteiger charge is -2.07. The van der Waals surface area contributed by atoms with Crippen LogP contribution in [-0.4, -0.2) is 68.9 Å². The molecule has 0 aromatic carbocycles. The van der Waals surface area contributed by atoms with E-state index in [0.717, 1.165) is 0 Å². The van der Waals surface area contributed by atoms with E-state index in [1.165, 1.54) is 0 Å². The second-order valence-electron chi connectivity index (χ2n) is 4.60. The molecule has 0 saturated heterocycles. The van der Waals surface area contributed by atoms with Gasteiger partial charge in [0.15, 0.2) is 0 Å². The van der Waals surface area contributed by atoms with Crippen LogP contribution in [0.5, 0.6) is 0 Å². The maximum atomic E-state index is 11.7. The Hall–Kier alpha value is 0.820. The first-order chi connectivity index (χ1) is 11.0. The van der Waals surface area contributed by atoms with Gasteiger partial charge in [0.05, 0.1) is 11.5 Å². The molecule has 0 N–H and O–H groups in total. The van der Waals surface area contributed by atoms with E-state index in [-0.39, 0.29) is 23.0 Å². The van der Waals surface area contributed by atoms with Gasteiger partial charge in [-0.05, 0) is 47.3 Å². The molecule has 24 heavy (non-hydrogen) atoms. The molecule has 2 atom stereocenters. The molecule has 0 aliphatic heterocycles. The summed E-state index contributed by atoms with van der Waals surface area (Å²) < 4.78 is 88.1. The number of unbranched alkanes of at least 4 members (excludes halogenated alkanes) is 2. The average molecular weight is 461 g/mol. The van der Waals surface area contributed by atoms with Gasteiger partial charge in [0, 0.05) is 23.0 Å². The molecule has 0 aromatic rings. The van der Waals surface area contributed by atoms with Crippen molar-refractivity contribution >= 4 is 61.5 Å². The monoisotopic (exact) mass is 460 g/mol. The van der Waals surface area contributed by atoms with Crippen molar-refractivity contribution in [3.63, 3.8) is 0 Å². The highest BCUT2D eigenvalue weighted by Crippen LogP contribution is 2.20. The highest BCUT2D eigenvalue weighted by atomic mass is 33.1. The minimum Gasteiger partial charge on any atom is -0.772 e. The Morgan fingerprint density at radius 2 is 1.00 bits per heavy atom. The Morgan fingerprint density at radius 1 is 0.667 bits per heavy atom. The van der Waals surface area contributed by atoms with Gasteiger partial charge in [-0.25, -0.2) is 16.8 Å². The Bertz CT molecular complexity index is 545. The quantitative estimate of drug-likeness (QED) is 0.191. The van der Waals surface area contributed by atoms with Gasteiger partial charge in [-0.1, -0.05) is 22.2 Å². The van der Waals surface area contributed by atoms with E-state index in [0.29, 0.717) is 47.3 Å². The maximum Gasteiger partial charge on any atom is 0.202 e. The Labute approximate surface area is 155 Å². The van der Waals surface area contributed by atoms with Crippen LogP contribution in [0.4, 0.5) is 0 Å². The zero-order valence-corrected chi connectivity index (χ0v) is 17.7. The molecule has 0 fully saturated rings.